The highest BCUT2D eigenvalue weighted by atomic mass is 16.4. The van der Waals surface area contributed by atoms with Crippen molar-refractivity contribution in [1.82, 2.24) is 15.2 Å². The molecule has 2 heterocycles. The fourth-order valence-corrected chi connectivity index (χ4v) is 4.50. The molecule has 0 saturated heterocycles. The first-order valence-corrected chi connectivity index (χ1v) is 11.0. The van der Waals surface area contributed by atoms with Gasteiger partial charge in [-0.15, -0.1) is 5.10 Å². The normalized spacial score (nSPS) is 23.7. The van der Waals surface area contributed by atoms with E-state index in [1.54, 1.807) is 0 Å². The van der Waals surface area contributed by atoms with Crippen LogP contribution >= 0.6 is 0 Å². The van der Waals surface area contributed by atoms with E-state index in [0.29, 0.717) is 36.4 Å². The number of fused-ring (bicyclic) bond motifs is 1. The second-order valence-electron chi connectivity index (χ2n) is 10.4. The summed E-state index contributed by atoms with van der Waals surface area (Å²) in [5.74, 6) is 1.06. The zero-order valence-electron chi connectivity index (χ0n) is 18.6. The monoisotopic (exact) mass is 422 g/mol. The van der Waals surface area contributed by atoms with Crippen LogP contribution in [-0.4, -0.2) is 43.6 Å². The van der Waals surface area contributed by atoms with Crippen molar-refractivity contribution in [2.75, 3.05) is 11.9 Å². The van der Waals surface area contributed by atoms with Gasteiger partial charge in [-0.2, -0.15) is 0 Å². The molecule has 2 fully saturated rings. The first-order chi connectivity index (χ1) is 14.6. The largest absolute Gasteiger partial charge is 0.402 e. The number of aliphatic hydroxyl groups excluding tert-OH is 1. The standard InChI is InChI=1S/C24H30N4O3/c1-13-7-19(21-27-28-22(31-21)25-16-10-24(30,11-16)12-29)26-20-17(13)8-15(14-5-6-14)9-18(20)23(2,3)4/h7-9,14,16,29-30H,5-6,10-12H2,1-4H3,(H,25,28)/t16-,24-. The molecule has 3 aromatic rings. The van der Waals surface area contributed by atoms with Crippen molar-refractivity contribution in [1.29, 1.82) is 0 Å². The third-order valence-electron chi connectivity index (χ3n) is 6.52. The van der Waals surface area contributed by atoms with Crippen LogP contribution in [0, 0.1) is 6.92 Å². The van der Waals surface area contributed by atoms with Crippen molar-refractivity contribution in [3.8, 4) is 11.6 Å². The van der Waals surface area contributed by atoms with Gasteiger partial charge in [0, 0.05) is 11.4 Å². The van der Waals surface area contributed by atoms with Gasteiger partial charge < -0.3 is 19.9 Å². The quantitative estimate of drug-likeness (QED) is 0.569. The van der Waals surface area contributed by atoms with Crippen LogP contribution in [0.1, 0.15) is 69.1 Å². The van der Waals surface area contributed by atoms with Crippen molar-refractivity contribution in [3.63, 3.8) is 0 Å². The molecule has 0 aliphatic heterocycles. The second kappa shape index (κ2) is 7.00. The van der Waals surface area contributed by atoms with Crippen molar-refractivity contribution in [3.05, 3.63) is 34.9 Å². The number of benzene rings is 1. The van der Waals surface area contributed by atoms with Crippen LogP contribution < -0.4 is 5.32 Å². The Morgan fingerprint density at radius 1 is 1.16 bits per heavy atom. The minimum absolute atomic E-state index is 0.00471. The van der Waals surface area contributed by atoms with Crippen LogP contribution in [-0.2, 0) is 5.41 Å². The Morgan fingerprint density at radius 3 is 2.55 bits per heavy atom. The molecule has 0 atom stereocenters. The summed E-state index contributed by atoms with van der Waals surface area (Å²) in [6, 6.07) is 6.95. The molecular formula is C24H30N4O3. The number of aryl methyl sites for hydroxylation is 1. The van der Waals surface area contributed by atoms with Crippen LogP contribution in [0.15, 0.2) is 22.6 Å². The molecule has 7 nitrogen and oxygen atoms in total. The average molecular weight is 423 g/mol. The maximum atomic E-state index is 9.96. The van der Waals surface area contributed by atoms with Crippen molar-refractivity contribution in [2.45, 2.75) is 76.4 Å². The zero-order valence-corrected chi connectivity index (χ0v) is 18.6. The van der Waals surface area contributed by atoms with Gasteiger partial charge in [-0.25, -0.2) is 4.98 Å². The highest BCUT2D eigenvalue weighted by Crippen LogP contribution is 2.44. The summed E-state index contributed by atoms with van der Waals surface area (Å²) in [7, 11) is 0. The van der Waals surface area contributed by atoms with Gasteiger partial charge in [0.25, 0.3) is 5.89 Å². The Bertz CT molecular complexity index is 1140. The molecule has 7 heteroatoms. The van der Waals surface area contributed by atoms with E-state index in [4.69, 9.17) is 9.40 Å². The van der Waals surface area contributed by atoms with Crippen LogP contribution in [0.2, 0.25) is 0 Å². The van der Waals surface area contributed by atoms with Gasteiger partial charge in [0.1, 0.15) is 5.69 Å². The maximum Gasteiger partial charge on any atom is 0.316 e. The summed E-state index contributed by atoms with van der Waals surface area (Å²) >= 11 is 0. The summed E-state index contributed by atoms with van der Waals surface area (Å²) < 4.78 is 5.84. The van der Waals surface area contributed by atoms with E-state index in [2.05, 4.69) is 55.3 Å². The van der Waals surface area contributed by atoms with Crippen molar-refractivity contribution >= 4 is 16.9 Å². The lowest BCUT2D eigenvalue weighted by atomic mass is 9.76. The molecule has 1 aromatic carbocycles. The zero-order chi connectivity index (χ0) is 22.0. The molecule has 2 aliphatic rings. The Kier molecular flexibility index (Phi) is 4.61. The molecule has 0 spiro atoms. The van der Waals surface area contributed by atoms with Crippen LogP contribution in [0.25, 0.3) is 22.5 Å². The number of anilines is 1. The van der Waals surface area contributed by atoms with E-state index in [1.807, 2.05) is 6.07 Å². The van der Waals surface area contributed by atoms with E-state index in [9.17, 15) is 10.2 Å². The highest BCUT2D eigenvalue weighted by molar-refractivity contribution is 5.88. The second-order valence-corrected chi connectivity index (χ2v) is 10.4. The summed E-state index contributed by atoms with van der Waals surface area (Å²) in [4.78, 5) is 4.96. The minimum Gasteiger partial charge on any atom is -0.402 e. The third-order valence-corrected chi connectivity index (χ3v) is 6.52. The van der Waals surface area contributed by atoms with Gasteiger partial charge in [-0.05, 0) is 72.8 Å². The lowest BCUT2D eigenvalue weighted by Crippen LogP contribution is -2.53. The molecule has 3 N–H and O–H groups in total. The summed E-state index contributed by atoms with van der Waals surface area (Å²) in [6.07, 6.45) is 3.45. The Labute approximate surface area is 181 Å². The van der Waals surface area contributed by atoms with E-state index < -0.39 is 5.60 Å². The fourth-order valence-electron chi connectivity index (χ4n) is 4.50. The molecule has 2 aromatic heterocycles. The minimum atomic E-state index is -1.000. The highest BCUT2D eigenvalue weighted by Gasteiger charge is 2.42. The predicted molar refractivity (Wildman–Crippen MR) is 119 cm³/mol. The topological polar surface area (TPSA) is 104 Å². The number of hydrogen-bond donors (Lipinski definition) is 3. The van der Waals surface area contributed by atoms with Crippen LogP contribution in [0.3, 0.4) is 0 Å². The number of nitrogens with zero attached hydrogens (tertiary/aromatic N) is 3. The fraction of sp³-hybridized carbons (Fsp3) is 0.542. The average Bonchev–Trinajstić information content (AvgIpc) is 3.44. The van der Waals surface area contributed by atoms with Crippen molar-refractivity contribution < 1.29 is 14.6 Å². The molecule has 0 unspecified atom stereocenters. The lowest BCUT2D eigenvalue weighted by Gasteiger charge is -2.42. The van der Waals surface area contributed by atoms with E-state index >= 15 is 0 Å². The van der Waals surface area contributed by atoms with E-state index in [1.165, 1.54) is 29.4 Å². The van der Waals surface area contributed by atoms with Gasteiger partial charge in [0.05, 0.1) is 17.7 Å². The van der Waals surface area contributed by atoms with E-state index in [0.717, 1.165) is 11.1 Å². The number of aliphatic hydroxyl groups is 2. The van der Waals surface area contributed by atoms with Gasteiger partial charge in [-0.3, -0.25) is 0 Å². The van der Waals surface area contributed by atoms with Gasteiger partial charge >= 0.3 is 6.01 Å². The number of nitrogens with one attached hydrogen (secondary N) is 1. The molecule has 2 aliphatic carbocycles. The lowest BCUT2D eigenvalue weighted by molar-refractivity contribution is -0.0806. The van der Waals surface area contributed by atoms with E-state index in [-0.39, 0.29) is 18.1 Å². The molecule has 31 heavy (non-hydrogen) atoms. The Morgan fingerprint density at radius 2 is 1.90 bits per heavy atom. The molecule has 0 radical (unpaired) electrons. The number of hydrogen-bond acceptors (Lipinski definition) is 7. The molecule has 5 rings (SSSR count). The summed E-state index contributed by atoms with van der Waals surface area (Å²) in [5.41, 5.74) is 4.43. The maximum absolute atomic E-state index is 9.96. The molecule has 0 amide bonds. The smallest absolute Gasteiger partial charge is 0.316 e. The summed E-state index contributed by atoms with van der Waals surface area (Å²) in [5, 5.41) is 31.8. The van der Waals surface area contributed by atoms with Crippen LogP contribution in [0.4, 0.5) is 6.01 Å². The molecule has 0 bridgehead atoms. The van der Waals surface area contributed by atoms with Crippen molar-refractivity contribution in [2.24, 2.45) is 0 Å². The van der Waals surface area contributed by atoms with Gasteiger partial charge in [0.15, 0.2) is 0 Å². The first kappa shape index (κ1) is 20.4. The summed E-state index contributed by atoms with van der Waals surface area (Å²) in [6.45, 7) is 8.55. The van der Waals surface area contributed by atoms with Gasteiger partial charge in [0.2, 0.25) is 0 Å². The number of rotatable bonds is 5. The Balaban J connectivity index is 1.48. The SMILES string of the molecule is Cc1cc(-c2nnc(N[C@H]3C[C@@](O)(CO)C3)o2)nc2c(C(C)(C)C)cc(C3CC3)cc12. The number of pyridine rings is 1. The first-order valence-electron chi connectivity index (χ1n) is 11.0. The predicted octanol–water partition coefficient (Wildman–Crippen LogP) is 4.07. The molecule has 164 valence electrons. The Hall–Kier alpha value is -2.51. The van der Waals surface area contributed by atoms with Gasteiger partial charge in [-0.1, -0.05) is 31.9 Å². The molecular weight excluding hydrogens is 392 g/mol. The third kappa shape index (κ3) is 3.81. The van der Waals surface area contributed by atoms with Crippen LogP contribution in [0.5, 0.6) is 0 Å². The molecule has 2 saturated carbocycles. The number of aromatic nitrogens is 3.